The standard InChI is InChI=1S/C9H14N2OS/c1-10-9(3-2-5-12-7-9)8-11-4-6-13-8/h4,6,10H,2-3,5,7H2,1H3. The van der Waals surface area contributed by atoms with E-state index in [2.05, 4.69) is 10.3 Å². The molecule has 3 nitrogen and oxygen atoms in total. The van der Waals surface area contributed by atoms with Gasteiger partial charge in [0.1, 0.15) is 5.01 Å². The minimum atomic E-state index is -0.0214. The molecule has 0 bridgehead atoms. The van der Waals surface area contributed by atoms with Gasteiger partial charge < -0.3 is 10.1 Å². The van der Waals surface area contributed by atoms with Crippen molar-refractivity contribution in [2.45, 2.75) is 18.4 Å². The van der Waals surface area contributed by atoms with Gasteiger partial charge in [-0.2, -0.15) is 0 Å². The first kappa shape index (κ1) is 9.12. The monoisotopic (exact) mass is 198 g/mol. The van der Waals surface area contributed by atoms with Gasteiger partial charge in [-0.15, -0.1) is 11.3 Å². The summed E-state index contributed by atoms with van der Waals surface area (Å²) in [6.45, 7) is 1.63. The summed E-state index contributed by atoms with van der Waals surface area (Å²) in [6, 6.07) is 0. The van der Waals surface area contributed by atoms with E-state index in [1.54, 1.807) is 11.3 Å². The quantitative estimate of drug-likeness (QED) is 0.779. The van der Waals surface area contributed by atoms with Gasteiger partial charge in [-0.1, -0.05) is 0 Å². The highest BCUT2D eigenvalue weighted by Crippen LogP contribution is 2.31. The summed E-state index contributed by atoms with van der Waals surface area (Å²) in [5.74, 6) is 0. The van der Waals surface area contributed by atoms with Gasteiger partial charge in [0.25, 0.3) is 0 Å². The highest BCUT2D eigenvalue weighted by atomic mass is 32.1. The number of ether oxygens (including phenoxy) is 1. The van der Waals surface area contributed by atoms with E-state index < -0.39 is 0 Å². The molecule has 2 heterocycles. The Morgan fingerprint density at radius 1 is 1.69 bits per heavy atom. The molecule has 0 saturated carbocycles. The molecule has 4 heteroatoms. The van der Waals surface area contributed by atoms with Gasteiger partial charge in [0.2, 0.25) is 0 Å². The van der Waals surface area contributed by atoms with Gasteiger partial charge >= 0.3 is 0 Å². The smallest absolute Gasteiger partial charge is 0.115 e. The zero-order valence-corrected chi connectivity index (χ0v) is 8.56. The molecule has 0 spiro atoms. The normalized spacial score (nSPS) is 29.0. The number of thiazole rings is 1. The van der Waals surface area contributed by atoms with Gasteiger partial charge in [-0.25, -0.2) is 4.98 Å². The molecule has 1 aliphatic rings. The van der Waals surface area contributed by atoms with Crippen LogP contribution in [0.1, 0.15) is 17.8 Å². The van der Waals surface area contributed by atoms with Crippen LogP contribution in [0.2, 0.25) is 0 Å². The molecule has 0 radical (unpaired) electrons. The molecular formula is C9H14N2OS. The van der Waals surface area contributed by atoms with E-state index in [4.69, 9.17) is 4.74 Å². The minimum absolute atomic E-state index is 0.0214. The largest absolute Gasteiger partial charge is 0.379 e. The Kier molecular flexibility index (Phi) is 2.62. The van der Waals surface area contributed by atoms with Crippen molar-refractivity contribution in [2.24, 2.45) is 0 Å². The highest BCUT2D eigenvalue weighted by molar-refractivity contribution is 7.09. The summed E-state index contributed by atoms with van der Waals surface area (Å²) in [5, 5.41) is 6.51. The van der Waals surface area contributed by atoms with Crippen LogP contribution in [0.25, 0.3) is 0 Å². The third-order valence-corrected chi connectivity index (χ3v) is 3.54. The van der Waals surface area contributed by atoms with Gasteiger partial charge in [0.15, 0.2) is 0 Å². The molecule has 1 atom stereocenters. The number of rotatable bonds is 2. The first-order valence-electron chi connectivity index (χ1n) is 4.54. The Hall–Kier alpha value is -0.450. The van der Waals surface area contributed by atoms with Crippen molar-refractivity contribution in [1.82, 2.24) is 10.3 Å². The molecule has 1 fully saturated rings. The number of aromatic nitrogens is 1. The van der Waals surface area contributed by atoms with Crippen molar-refractivity contribution >= 4 is 11.3 Å². The fraction of sp³-hybridized carbons (Fsp3) is 0.667. The maximum atomic E-state index is 5.50. The number of nitrogens with one attached hydrogen (secondary N) is 1. The molecule has 0 aromatic carbocycles. The predicted molar refractivity (Wildman–Crippen MR) is 52.9 cm³/mol. The summed E-state index contributed by atoms with van der Waals surface area (Å²) < 4.78 is 5.50. The van der Waals surface area contributed by atoms with E-state index in [-0.39, 0.29) is 5.54 Å². The first-order valence-corrected chi connectivity index (χ1v) is 5.42. The average Bonchev–Trinajstić information content (AvgIpc) is 2.72. The van der Waals surface area contributed by atoms with E-state index in [1.165, 1.54) is 0 Å². The van der Waals surface area contributed by atoms with Crippen molar-refractivity contribution in [3.05, 3.63) is 16.6 Å². The van der Waals surface area contributed by atoms with Crippen LogP contribution in [-0.4, -0.2) is 25.2 Å². The van der Waals surface area contributed by atoms with Gasteiger partial charge in [-0.05, 0) is 19.9 Å². The predicted octanol–water partition coefficient (Wildman–Crippen LogP) is 1.37. The van der Waals surface area contributed by atoms with Gasteiger partial charge in [0.05, 0.1) is 12.1 Å². The maximum absolute atomic E-state index is 5.50. The molecule has 1 N–H and O–H groups in total. The first-order chi connectivity index (χ1) is 6.37. The number of nitrogens with zero attached hydrogens (tertiary/aromatic N) is 1. The average molecular weight is 198 g/mol. The molecule has 1 unspecified atom stereocenters. The summed E-state index contributed by atoms with van der Waals surface area (Å²) in [7, 11) is 1.98. The molecule has 2 rings (SSSR count). The lowest BCUT2D eigenvalue weighted by molar-refractivity contribution is 0.0217. The van der Waals surface area contributed by atoms with Crippen LogP contribution in [0.3, 0.4) is 0 Å². The molecular weight excluding hydrogens is 184 g/mol. The Balaban J connectivity index is 2.23. The Morgan fingerprint density at radius 2 is 2.62 bits per heavy atom. The van der Waals surface area contributed by atoms with E-state index in [1.807, 2.05) is 18.6 Å². The summed E-state index contributed by atoms with van der Waals surface area (Å²) >= 11 is 1.70. The fourth-order valence-electron chi connectivity index (χ4n) is 1.73. The molecule has 1 aromatic rings. The lowest BCUT2D eigenvalue weighted by atomic mass is 9.93. The Labute approximate surface area is 82.1 Å². The second-order valence-electron chi connectivity index (χ2n) is 3.33. The topological polar surface area (TPSA) is 34.2 Å². The summed E-state index contributed by atoms with van der Waals surface area (Å²) in [4.78, 5) is 4.36. The molecule has 13 heavy (non-hydrogen) atoms. The van der Waals surface area contributed by atoms with E-state index >= 15 is 0 Å². The second-order valence-corrected chi connectivity index (χ2v) is 4.22. The number of hydrogen-bond acceptors (Lipinski definition) is 4. The van der Waals surface area contributed by atoms with Crippen molar-refractivity contribution in [1.29, 1.82) is 0 Å². The van der Waals surface area contributed by atoms with Crippen LogP contribution in [0, 0.1) is 0 Å². The lowest BCUT2D eigenvalue weighted by Gasteiger charge is -2.34. The van der Waals surface area contributed by atoms with Gasteiger partial charge in [0, 0.05) is 18.2 Å². The molecule has 1 aromatic heterocycles. The van der Waals surface area contributed by atoms with E-state index in [0.717, 1.165) is 31.1 Å². The van der Waals surface area contributed by atoms with Crippen LogP contribution in [0.4, 0.5) is 0 Å². The van der Waals surface area contributed by atoms with E-state index in [0.29, 0.717) is 0 Å². The zero-order valence-electron chi connectivity index (χ0n) is 7.75. The molecule has 0 aliphatic carbocycles. The number of likely N-dealkylation sites (N-methyl/N-ethyl adjacent to an activating group) is 1. The lowest BCUT2D eigenvalue weighted by Crippen LogP contribution is -2.46. The van der Waals surface area contributed by atoms with Crippen LogP contribution in [0.5, 0.6) is 0 Å². The number of hydrogen-bond donors (Lipinski definition) is 1. The minimum Gasteiger partial charge on any atom is -0.379 e. The second kappa shape index (κ2) is 3.74. The van der Waals surface area contributed by atoms with Crippen molar-refractivity contribution in [3.63, 3.8) is 0 Å². The summed E-state index contributed by atoms with van der Waals surface area (Å²) in [5.41, 5.74) is -0.0214. The maximum Gasteiger partial charge on any atom is 0.115 e. The van der Waals surface area contributed by atoms with Crippen molar-refractivity contribution in [3.8, 4) is 0 Å². The Bertz CT molecular complexity index is 255. The zero-order chi connectivity index (χ0) is 9.15. The van der Waals surface area contributed by atoms with Crippen molar-refractivity contribution in [2.75, 3.05) is 20.3 Å². The SMILES string of the molecule is CNC1(c2nccs2)CCCOC1. The molecule has 0 amide bonds. The van der Waals surface area contributed by atoms with Crippen LogP contribution in [-0.2, 0) is 10.3 Å². The van der Waals surface area contributed by atoms with Crippen LogP contribution in [0.15, 0.2) is 11.6 Å². The summed E-state index contributed by atoms with van der Waals surface area (Å²) in [6.07, 6.45) is 4.09. The van der Waals surface area contributed by atoms with Crippen LogP contribution < -0.4 is 5.32 Å². The van der Waals surface area contributed by atoms with E-state index in [9.17, 15) is 0 Å². The Morgan fingerprint density at radius 3 is 3.15 bits per heavy atom. The third kappa shape index (κ3) is 1.61. The van der Waals surface area contributed by atoms with Gasteiger partial charge in [-0.3, -0.25) is 0 Å². The third-order valence-electron chi connectivity index (χ3n) is 2.56. The molecule has 1 aliphatic heterocycles. The van der Waals surface area contributed by atoms with Crippen LogP contribution >= 0.6 is 11.3 Å². The molecule has 72 valence electrons. The highest BCUT2D eigenvalue weighted by Gasteiger charge is 2.35. The van der Waals surface area contributed by atoms with Crippen molar-refractivity contribution < 1.29 is 4.74 Å². The molecule has 1 saturated heterocycles. The fourth-order valence-corrected chi connectivity index (χ4v) is 2.59.